The monoisotopic (exact) mass is 906 g/mol. The molecule has 2 saturated heterocycles. The molecule has 334 valence electrons. The first-order valence-electron chi connectivity index (χ1n) is 23.7. The molecule has 2 fully saturated rings. The molecular formula is C60H60O4P2. The molecule has 0 bridgehead atoms. The lowest BCUT2D eigenvalue weighted by atomic mass is 9.93. The van der Waals surface area contributed by atoms with Gasteiger partial charge >= 0.3 is 0 Å². The average Bonchev–Trinajstić information content (AvgIpc) is 3.75. The largest absolute Gasteiger partial charge is 0.370 e. The first-order valence-corrected chi connectivity index (χ1v) is 26.6. The van der Waals surface area contributed by atoms with E-state index in [0.29, 0.717) is 26.4 Å². The summed E-state index contributed by atoms with van der Waals surface area (Å²) < 4.78 is 28.2. The Morgan fingerprint density at radius 3 is 0.848 bits per heavy atom. The van der Waals surface area contributed by atoms with Gasteiger partial charge in [0.05, 0.1) is 50.8 Å². The predicted molar refractivity (Wildman–Crippen MR) is 278 cm³/mol. The molecule has 66 heavy (non-hydrogen) atoms. The molecule has 4 nitrogen and oxygen atoms in total. The van der Waals surface area contributed by atoms with Crippen molar-refractivity contribution in [3.8, 4) is 11.1 Å². The van der Waals surface area contributed by atoms with Gasteiger partial charge in [0, 0.05) is 22.6 Å². The maximum Gasteiger partial charge on any atom is 0.0915 e. The Hall–Kier alpha value is -5.02. The van der Waals surface area contributed by atoms with Gasteiger partial charge in [-0.25, -0.2) is 0 Å². The molecule has 2 unspecified atom stereocenters. The third-order valence-electron chi connectivity index (χ3n) is 14.1. The van der Waals surface area contributed by atoms with Gasteiger partial charge in [-0.05, 0) is 65.5 Å². The fourth-order valence-electron chi connectivity index (χ4n) is 10.8. The van der Waals surface area contributed by atoms with Gasteiger partial charge in [0.15, 0.2) is 0 Å². The van der Waals surface area contributed by atoms with Crippen LogP contribution in [0.1, 0.15) is 49.9 Å². The van der Waals surface area contributed by atoms with Crippen LogP contribution in [0.3, 0.4) is 0 Å². The molecule has 2 heterocycles. The summed E-state index contributed by atoms with van der Waals surface area (Å²) in [7, 11) is -1.59. The predicted octanol–water partition coefficient (Wildman–Crippen LogP) is 13.8. The van der Waals surface area contributed by atoms with Gasteiger partial charge in [0.2, 0.25) is 0 Å². The van der Waals surface area contributed by atoms with Crippen molar-refractivity contribution in [1.29, 1.82) is 0 Å². The van der Waals surface area contributed by atoms with Crippen LogP contribution in [-0.4, -0.2) is 47.1 Å². The smallest absolute Gasteiger partial charge is 0.0915 e. The van der Waals surface area contributed by atoms with E-state index in [1.54, 1.807) is 0 Å². The molecule has 8 aromatic carbocycles. The Morgan fingerprint density at radius 1 is 0.303 bits per heavy atom. The van der Waals surface area contributed by atoms with Crippen molar-refractivity contribution in [1.82, 2.24) is 0 Å². The second-order valence-corrected chi connectivity index (χ2v) is 24.0. The van der Waals surface area contributed by atoms with Gasteiger partial charge in [0.1, 0.15) is 0 Å². The van der Waals surface area contributed by atoms with Crippen LogP contribution in [0.25, 0.3) is 32.7 Å². The lowest BCUT2D eigenvalue weighted by Gasteiger charge is -2.31. The number of rotatable bonds is 15. The summed E-state index contributed by atoms with van der Waals surface area (Å²) in [4.78, 5) is 0. The van der Waals surface area contributed by atoms with Crippen LogP contribution in [0.4, 0.5) is 0 Å². The first-order chi connectivity index (χ1) is 32.4. The van der Waals surface area contributed by atoms with Crippen molar-refractivity contribution in [2.24, 2.45) is 0 Å². The highest BCUT2D eigenvalue weighted by Crippen LogP contribution is 2.61. The van der Waals surface area contributed by atoms with E-state index in [1.807, 2.05) is 0 Å². The topological polar surface area (TPSA) is 36.9 Å². The average molecular weight is 907 g/mol. The van der Waals surface area contributed by atoms with Crippen LogP contribution in [0.15, 0.2) is 194 Å². The zero-order chi connectivity index (χ0) is 45.0. The van der Waals surface area contributed by atoms with E-state index in [9.17, 15) is 0 Å². The Morgan fingerprint density at radius 2 is 0.561 bits per heavy atom. The van der Waals surface area contributed by atoms with Crippen LogP contribution >= 0.6 is 15.8 Å². The molecule has 0 spiro atoms. The Kier molecular flexibility index (Phi) is 13.9. The summed E-state index contributed by atoms with van der Waals surface area (Å²) in [5.41, 5.74) is 8.41. The highest BCUT2D eigenvalue weighted by atomic mass is 31.1. The van der Waals surface area contributed by atoms with Crippen molar-refractivity contribution >= 4 is 48.0 Å². The van der Waals surface area contributed by atoms with Crippen LogP contribution in [-0.2, 0) is 45.4 Å². The molecule has 0 aliphatic carbocycles. The normalized spacial score (nSPS) is 25.2. The molecule has 0 aromatic heterocycles. The van der Waals surface area contributed by atoms with Crippen molar-refractivity contribution < 1.29 is 18.9 Å². The zero-order valence-corrected chi connectivity index (χ0v) is 40.2. The molecule has 9 atom stereocenters. The van der Waals surface area contributed by atoms with Crippen molar-refractivity contribution in [3.63, 3.8) is 0 Å². The fourth-order valence-corrected chi connectivity index (χ4v) is 17.8. The second-order valence-electron chi connectivity index (χ2n) is 18.2. The zero-order valence-electron chi connectivity index (χ0n) is 38.4. The first kappa shape index (κ1) is 44.8. The third kappa shape index (κ3) is 9.18. The minimum Gasteiger partial charge on any atom is -0.370 e. The van der Waals surface area contributed by atoms with E-state index in [4.69, 9.17) is 18.9 Å². The second kappa shape index (κ2) is 20.5. The summed E-state index contributed by atoms with van der Waals surface area (Å²) in [6, 6.07) is 70.2. The van der Waals surface area contributed by atoms with Crippen molar-refractivity contribution in [3.05, 3.63) is 216 Å². The molecule has 0 radical (unpaired) electrons. The Balaban J connectivity index is 1.10. The van der Waals surface area contributed by atoms with Crippen LogP contribution in [0, 0.1) is 0 Å². The maximum absolute atomic E-state index is 7.06. The molecule has 10 rings (SSSR count). The van der Waals surface area contributed by atoms with Crippen LogP contribution in [0.5, 0.6) is 0 Å². The minimum absolute atomic E-state index is 0.0781. The lowest BCUT2D eigenvalue weighted by Crippen LogP contribution is -2.36. The van der Waals surface area contributed by atoms with Crippen molar-refractivity contribution in [2.75, 3.05) is 0 Å². The number of benzene rings is 8. The molecule has 8 aromatic rings. The summed E-state index contributed by atoms with van der Waals surface area (Å²) in [6.45, 7) is 11.9. The molecule has 0 N–H and O–H groups in total. The van der Waals surface area contributed by atoms with E-state index in [1.165, 1.54) is 65.5 Å². The standard InChI is InChI=1S/C60H60O4P2/c1-41-57(61-37-45-21-9-5-10-22-45)58(62-38-46-23-11-6-12-24-46)42(2)65(41)53-35-33-49-29-17-19-31-51(49)55(53)56-52-32-20-18-30-50(52)34-36-54(56)66-43(3)59(63-39-47-25-13-7-14-26-47)60(44(66)4)64-40-48-27-15-8-16-28-48/h5-36,41-44,57-60H,37-40H2,1-4H3/t41-,42-,43-,44?,57+,58+,59+,60+,66?/m0/s1. The number of hydrogen-bond acceptors (Lipinski definition) is 4. The van der Waals surface area contributed by atoms with E-state index in [0.717, 1.165) is 0 Å². The molecule has 6 heteroatoms. The lowest BCUT2D eigenvalue weighted by molar-refractivity contribution is -0.0758. The highest BCUT2D eigenvalue weighted by Gasteiger charge is 2.51. The molecular weight excluding hydrogens is 847 g/mol. The third-order valence-corrected chi connectivity index (χ3v) is 20.6. The summed E-state index contributed by atoms with van der Waals surface area (Å²) in [5.74, 6) is 0. The fraction of sp³-hybridized carbons (Fsp3) is 0.267. The molecule has 2 aliphatic rings. The van der Waals surface area contributed by atoms with Gasteiger partial charge in [-0.1, -0.05) is 238 Å². The highest BCUT2D eigenvalue weighted by molar-refractivity contribution is 7.68. The van der Waals surface area contributed by atoms with Crippen LogP contribution < -0.4 is 10.6 Å². The summed E-state index contributed by atoms with van der Waals surface area (Å²) in [5, 5.41) is 7.98. The number of fused-ring (bicyclic) bond motifs is 2. The van der Waals surface area contributed by atoms with E-state index in [2.05, 4.69) is 222 Å². The number of hydrogen-bond donors (Lipinski definition) is 0. The molecule has 0 amide bonds. The van der Waals surface area contributed by atoms with Gasteiger partial charge in [-0.2, -0.15) is 0 Å². The maximum atomic E-state index is 7.06. The van der Waals surface area contributed by atoms with Gasteiger partial charge in [-0.15, -0.1) is 0 Å². The minimum atomic E-state index is -0.795. The quantitative estimate of drug-likeness (QED) is 0.0961. The molecule has 2 aliphatic heterocycles. The van der Waals surface area contributed by atoms with Crippen molar-refractivity contribution in [2.45, 2.75) is 101 Å². The van der Waals surface area contributed by atoms with Gasteiger partial charge in [0.25, 0.3) is 0 Å². The van der Waals surface area contributed by atoms with Crippen LogP contribution in [0.2, 0.25) is 0 Å². The van der Waals surface area contributed by atoms with Gasteiger partial charge in [-0.3, -0.25) is 0 Å². The molecule has 0 saturated carbocycles. The van der Waals surface area contributed by atoms with E-state index >= 15 is 0 Å². The SMILES string of the molecule is CC1[C@@H](OCc2ccccc2)[C@H](OCc2ccccc2)[C@H](C)P1c1ccc2ccccc2c1-c1c(P2[C@@H](C)[C@@H](OCc3ccccc3)[C@H](OCc3ccccc3)[C@@H]2C)ccc2ccccc12. The summed E-state index contributed by atoms with van der Waals surface area (Å²) >= 11 is 0. The number of ether oxygens (including phenoxy) is 4. The Labute approximate surface area is 393 Å². The Bertz CT molecular complexity index is 2530. The summed E-state index contributed by atoms with van der Waals surface area (Å²) in [6.07, 6.45) is -0.312. The van der Waals surface area contributed by atoms with E-state index < -0.39 is 15.8 Å². The van der Waals surface area contributed by atoms with Gasteiger partial charge < -0.3 is 18.9 Å². The van der Waals surface area contributed by atoms with E-state index in [-0.39, 0.29) is 47.1 Å².